The molecule has 0 N–H and O–H groups in total. The first-order valence-electron chi connectivity index (χ1n) is 5.07. The van der Waals surface area contributed by atoms with E-state index in [2.05, 4.69) is 0 Å². The fourth-order valence-electron chi connectivity index (χ4n) is 1.77. The van der Waals surface area contributed by atoms with Gasteiger partial charge in [-0.1, -0.05) is 0 Å². The molecule has 0 aromatic carbocycles. The van der Waals surface area contributed by atoms with Gasteiger partial charge >= 0.3 is 5.97 Å². The quantitative estimate of drug-likeness (QED) is 0.730. The van der Waals surface area contributed by atoms with Crippen LogP contribution < -0.4 is 0 Å². The molecular weight excluding hydrogens is 208 g/mol. The number of esters is 1. The number of ether oxygens (including phenoxy) is 2. The van der Waals surface area contributed by atoms with Gasteiger partial charge in [-0.3, -0.25) is 4.79 Å². The Morgan fingerprint density at radius 3 is 3.00 bits per heavy atom. The summed E-state index contributed by atoms with van der Waals surface area (Å²) in [7, 11) is 2.98. The summed E-state index contributed by atoms with van der Waals surface area (Å²) in [5.41, 5.74) is -0.514. The molecule has 2 atom stereocenters. The van der Waals surface area contributed by atoms with E-state index in [-0.39, 0.29) is 11.9 Å². The van der Waals surface area contributed by atoms with E-state index in [1.807, 2.05) is 24.3 Å². The summed E-state index contributed by atoms with van der Waals surface area (Å²) in [6.45, 7) is 0. The predicted molar refractivity (Wildman–Crippen MR) is 57.6 cm³/mol. The van der Waals surface area contributed by atoms with Crippen LogP contribution in [-0.2, 0) is 14.3 Å². The molecule has 2 rings (SSSR count). The van der Waals surface area contributed by atoms with Crippen LogP contribution in [0.15, 0.2) is 28.9 Å². The van der Waals surface area contributed by atoms with E-state index in [1.165, 1.54) is 7.11 Å². The average molecular weight is 222 g/mol. The van der Waals surface area contributed by atoms with Crippen LogP contribution in [0.1, 0.15) is 12.2 Å². The van der Waals surface area contributed by atoms with Gasteiger partial charge in [-0.15, -0.1) is 0 Å². The van der Waals surface area contributed by atoms with Gasteiger partial charge in [0.05, 0.1) is 19.3 Å². The summed E-state index contributed by atoms with van der Waals surface area (Å²) in [5, 5.41) is 0. The van der Waals surface area contributed by atoms with Crippen molar-refractivity contribution in [1.29, 1.82) is 0 Å². The normalized spacial score (nSPS) is 28.2. The molecule has 1 aromatic rings. The highest BCUT2D eigenvalue weighted by Gasteiger charge is 2.58. The number of methoxy groups -OCH3 is 2. The number of hydrogen-bond donors (Lipinski definition) is 0. The Labute approximate surface area is 93.8 Å². The third-order valence-corrected chi connectivity index (χ3v) is 2.89. The first kappa shape index (κ1) is 11.0. The lowest BCUT2D eigenvalue weighted by Crippen LogP contribution is -2.17. The van der Waals surface area contributed by atoms with E-state index in [4.69, 9.17) is 13.9 Å². The minimum absolute atomic E-state index is 0.200. The zero-order chi connectivity index (χ0) is 11.6. The zero-order valence-corrected chi connectivity index (χ0v) is 9.30. The summed E-state index contributed by atoms with van der Waals surface area (Å²) in [6, 6.07) is 3.65. The molecule has 0 amide bonds. The van der Waals surface area contributed by atoms with Crippen LogP contribution in [0.5, 0.6) is 0 Å². The van der Waals surface area contributed by atoms with Crippen molar-refractivity contribution in [3.63, 3.8) is 0 Å². The summed E-state index contributed by atoms with van der Waals surface area (Å²) in [6.07, 6.45) is 5.93. The van der Waals surface area contributed by atoms with E-state index in [1.54, 1.807) is 13.4 Å². The van der Waals surface area contributed by atoms with Crippen molar-refractivity contribution in [2.24, 2.45) is 5.92 Å². The van der Waals surface area contributed by atoms with Gasteiger partial charge in [0.15, 0.2) is 0 Å². The van der Waals surface area contributed by atoms with Crippen LogP contribution in [-0.4, -0.2) is 25.8 Å². The third-order valence-electron chi connectivity index (χ3n) is 2.89. The molecule has 16 heavy (non-hydrogen) atoms. The van der Waals surface area contributed by atoms with E-state index < -0.39 is 5.60 Å². The van der Waals surface area contributed by atoms with Crippen LogP contribution in [0.2, 0.25) is 0 Å². The SMILES string of the molecule is COC(=O)[C@@H]1C[C@@]1(/C=C/c1ccco1)OC. The van der Waals surface area contributed by atoms with Gasteiger partial charge in [0, 0.05) is 7.11 Å². The van der Waals surface area contributed by atoms with Crippen LogP contribution in [0.3, 0.4) is 0 Å². The van der Waals surface area contributed by atoms with Crippen molar-refractivity contribution >= 4 is 12.0 Å². The number of rotatable bonds is 4. The minimum atomic E-state index is -0.514. The Kier molecular flexibility index (Phi) is 2.83. The van der Waals surface area contributed by atoms with Crippen LogP contribution in [0, 0.1) is 5.92 Å². The lowest BCUT2D eigenvalue weighted by molar-refractivity contribution is -0.143. The molecule has 0 spiro atoms. The minimum Gasteiger partial charge on any atom is -0.469 e. The Bertz CT molecular complexity index is 393. The lowest BCUT2D eigenvalue weighted by atomic mass is 10.2. The zero-order valence-electron chi connectivity index (χ0n) is 9.30. The maximum Gasteiger partial charge on any atom is 0.312 e. The van der Waals surface area contributed by atoms with Crippen molar-refractivity contribution in [2.75, 3.05) is 14.2 Å². The first-order chi connectivity index (χ1) is 7.72. The average Bonchev–Trinajstić information content (AvgIpc) is 2.80. The predicted octanol–water partition coefficient (Wildman–Crippen LogP) is 1.87. The number of hydrogen-bond acceptors (Lipinski definition) is 4. The van der Waals surface area contributed by atoms with Gasteiger partial charge in [-0.25, -0.2) is 0 Å². The monoisotopic (exact) mass is 222 g/mol. The maximum absolute atomic E-state index is 11.4. The van der Waals surface area contributed by atoms with E-state index in [0.29, 0.717) is 6.42 Å². The molecule has 1 aliphatic carbocycles. The van der Waals surface area contributed by atoms with Gasteiger partial charge in [-0.05, 0) is 30.7 Å². The van der Waals surface area contributed by atoms with Crippen molar-refractivity contribution in [3.05, 3.63) is 30.2 Å². The number of furan rings is 1. The highest BCUT2D eigenvalue weighted by molar-refractivity contribution is 5.79. The standard InChI is InChI=1S/C12H14O4/c1-14-11(13)10-8-12(10,15-2)6-5-9-4-3-7-16-9/h3-7,10H,8H2,1-2H3/b6-5+/t10-,12+/m0/s1. The third kappa shape index (κ3) is 1.88. The Balaban J connectivity index is 2.06. The molecule has 0 aliphatic heterocycles. The summed E-state index contributed by atoms with van der Waals surface area (Å²) in [5.74, 6) is 0.312. The Morgan fingerprint density at radius 2 is 2.44 bits per heavy atom. The summed E-state index contributed by atoms with van der Waals surface area (Å²) in [4.78, 5) is 11.4. The van der Waals surface area contributed by atoms with Crippen LogP contribution in [0.4, 0.5) is 0 Å². The van der Waals surface area contributed by atoms with Gasteiger partial charge < -0.3 is 13.9 Å². The second-order valence-corrected chi connectivity index (χ2v) is 3.79. The summed E-state index contributed by atoms with van der Waals surface area (Å²) >= 11 is 0. The van der Waals surface area contributed by atoms with Gasteiger partial charge in [0.25, 0.3) is 0 Å². The molecular formula is C12H14O4. The fraction of sp³-hybridized carbons (Fsp3) is 0.417. The molecule has 1 aliphatic rings. The molecule has 1 saturated carbocycles. The van der Waals surface area contributed by atoms with Crippen LogP contribution in [0.25, 0.3) is 6.08 Å². The molecule has 1 aromatic heterocycles. The van der Waals surface area contributed by atoms with Crippen LogP contribution >= 0.6 is 0 Å². The first-order valence-corrected chi connectivity index (χ1v) is 5.07. The van der Waals surface area contributed by atoms with Crippen molar-refractivity contribution in [2.45, 2.75) is 12.0 Å². The van der Waals surface area contributed by atoms with Gasteiger partial charge in [0.2, 0.25) is 0 Å². The molecule has 1 fully saturated rings. The molecule has 0 bridgehead atoms. The van der Waals surface area contributed by atoms with Crippen molar-refractivity contribution in [3.8, 4) is 0 Å². The molecule has 4 nitrogen and oxygen atoms in total. The topological polar surface area (TPSA) is 48.7 Å². The second-order valence-electron chi connectivity index (χ2n) is 3.79. The maximum atomic E-state index is 11.4. The second kappa shape index (κ2) is 4.14. The fourth-order valence-corrected chi connectivity index (χ4v) is 1.77. The largest absolute Gasteiger partial charge is 0.469 e. The van der Waals surface area contributed by atoms with Gasteiger partial charge in [0.1, 0.15) is 11.4 Å². The molecule has 0 radical (unpaired) electrons. The van der Waals surface area contributed by atoms with E-state index >= 15 is 0 Å². The highest BCUT2D eigenvalue weighted by Crippen LogP contribution is 2.48. The number of carbonyl (C=O) groups excluding carboxylic acids is 1. The Hall–Kier alpha value is -1.55. The van der Waals surface area contributed by atoms with E-state index in [0.717, 1.165) is 5.76 Å². The smallest absolute Gasteiger partial charge is 0.312 e. The molecule has 86 valence electrons. The Morgan fingerprint density at radius 1 is 1.62 bits per heavy atom. The molecule has 1 heterocycles. The van der Waals surface area contributed by atoms with Gasteiger partial charge in [-0.2, -0.15) is 0 Å². The molecule has 0 saturated heterocycles. The number of carbonyl (C=O) groups is 1. The highest BCUT2D eigenvalue weighted by atomic mass is 16.5. The molecule has 4 heteroatoms. The van der Waals surface area contributed by atoms with Crippen molar-refractivity contribution in [1.82, 2.24) is 0 Å². The molecule has 0 unspecified atom stereocenters. The lowest BCUT2D eigenvalue weighted by Gasteiger charge is -2.08. The summed E-state index contributed by atoms with van der Waals surface area (Å²) < 4.78 is 15.2. The van der Waals surface area contributed by atoms with E-state index in [9.17, 15) is 4.79 Å². The van der Waals surface area contributed by atoms with Crippen molar-refractivity contribution < 1.29 is 18.7 Å².